The van der Waals surface area contributed by atoms with Gasteiger partial charge >= 0.3 is 0 Å². The molecule has 0 unspecified atom stereocenters. The van der Waals surface area contributed by atoms with Crippen LogP contribution >= 0.6 is 0 Å². The Kier molecular flexibility index (Phi) is 3.27. The molecule has 0 radical (unpaired) electrons. The molecule has 0 saturated heterocycles. The molecule has 0 spiro atoms. The van der Waals surface area contributed by atoms with Crippen molar-refractivity contribution in [2.24, 2.45) is 0 Å². The van der Waals surface area contributed by atoms with Crippen molar-refractivity contribution in [1.82, 2.24) is 14.8 Å². The SMILES string of the molecule is Cc1cc(NC(=O)Cn2cc(N)cn2)c2ccccc2n1. The van der Waals surface area contributed by atoms with E-state index in [-0.39, 0.29) is 12.5 Å². The zero-order chi connectivity index (χ0) is 14.8. The van der Waals surface area contributed by atoms with Crippen molar-refractivity contribution >= 4 is 28.2 Å². The largest absolute Gasteiger partial charge is 0.396 e. The average Bonchev–Trinajstić information content (AvgIpc) is 2.83. The van der Waals surface area contributed by atoms with Crippen molar-refractivity contribution in [2.45, 2.75) is 13.5 Å². The highest BCUT2D eigenvalue weighted by molar-refractivity contribution is 6.00. The Morgan fingerprint density at radius 1 is 1.38 bits per heavy atom. The lowest BCUT2D eigenvalue weighted by Gasteiger charge is -2.09. The molecule has 3 rings (SSSR count). The second-order valence-corrected chi connectivity index (χ2v) is 4.85. The molecule has 3 aromatic rings. The predicted octanol–water partition coefficient (Wildman–Crippen LogP) is 1.96. The summed E-state index contributed by atoms with van der Waals surface area (Å²) in [7, 11) is 0. The minimum absolute atomic E-state index is 0.118. The monoisotopic (exact) mass is 281 g/mol. The molecule has 6 nitrogen and oxygen atoms in total. The lowest BCUT2D eigenvalue weighted by molar-refractivity contribution is -0.116. The standard InChI is InChI=1S/C15H15N5O/c1-10-6-14(12-4-2-3-5-13(12)18-10)19-15(21)9-20-8-11(16)7-17-20/h2-8H,9,16H2,1H3,(H,18,19,21). The molecule has 21 heavy (non-hydrogen) atoms. The molecule has 0 saturated carbocycles. The summed E-state index contributed by atoms with van der Waals surface area (Å²) in [5, 5.41) is 7.81. The Morgan fingerprint density at radius 2 is 2.19 bits per heavy atom. The minimum atomic E-state index is -0.158. The van der Waals surface area contributed by atoms with Crippen molar-refractivity contribution in [2.75, 3.05) is 11.1 Å². The Hall–Kier alpha value is -2.89. The van der Waals surface area contributed by atoms with Crippen LogP contribution < -0.4 is 11.1 Å². The molecule has 1 aromatic carbocycles. The fraction of sp³-hybridized carbons (Fsp3) is 0.133. The molecule has 2 aromatic heterocycles. The second kappa shape index (κ2) is 5.24. The number of nitrogens with one attached hydrogen (secondary N) is 1. The number of anilines is 2. The number of benzene rings is 1. The van der Waals surface area contributed by atoms with Gasteiger partial charge in [-0.2, -0.15) is 5.10 Å². The van der Waals surface area contributed by atoms with Crippen LogP contribution in [0.25, 0.3) is 10.9 Å². The van der Waals surface area contributed by atoms with Gasteiger partial charge in [-0.25, -0.2) is 0 Å². The smallest absolute Gasteiger partial charge is 0.246 e. The number of fused-ring (bicyclic) bond motifs is 1. The summed E-state index contributed by atoms with van der Waals surface area (Å²) in [6.07, 6.45) is 3.13. The summed E-state index contributed by atoms with van der Waals surface area (Å²) in [4.78, 5) is 16.6. The zero-order valence-electron chi connectivity index (χ0n) is 11.6. The van der Waals surface area contributed by atoms with E-state index in [1.54, 1.807) is 6.20 Å². The number of nitrogens with zero attached hydrogens (tertiary/aromatic N) is 3. The van der Waals surface area contributed by atoms with Gasteiger partial charge in [-0.3, -0.25) is 14.5 Å². The van der Waals surface area contributed by atoms with Crippen LogP contribution in [-0.4, -0.2) is 20.7 Å². The normalized spacial score (nSPS) is 10.7. The van der Waals surface area contributed by atoms with Crippen LogP contribution in [-0.2, 0) is 11.3 Å². The first-order chi connectivity index (χ1) is 10.1. The van der Waals surface area contributed by atoms with E-state index in [4.69, 9.17) is 5.73 Å². The van der Waals surface area contributed by atoms with Crippen LogP contribution in [0.3, 0.4) is 0 Å². The van der Waals surface area contributed by atoms with Crippen molar-refractivity contribution < 1.29 is 4.79 Å². The first-order valence-electron chi connectivity index (χ1n) is 6.56. The van der Waals surface area contributed by atoms with E-state index in [9.17, 15) is 4.79 Å². The third-order valence-corrected chi connectivity index (χ3v) is 3.08. The highest BCUT2D eigenvalue weighted by Crippen LogP contribution is 2.22. The molecule has 106 valence electrons. The van der Waals surface area contributed by atoms with Crippen LogP contribution in [0, 0.1) is 6.92 Å². The number of amides is 1. The first kappa shape index (κ1) is 13.1. The van der Waals surface area contributed by atoms with Crippen LogP contribution in [0.4, 0.5) is 11.4 Å². The number of rotatable bonds is 3. The fourth-order valence-electron chi connectivity index (χ4n) is 2.21. The van der Waals surface area contributed by atoms with E-state index in [1.165, 1.54) is 10.9 Å². The molecule has 6 heteroatoms. The van der Waals surface area contributed by atoms with E-state index < -0.39 is 0 Å². The van der Waals surface area contributed by atoms with Crippen molar-refractivity contribution in [1.29, 1.82) is 0 Å². The van der Waals surface area contributed by atoms with Gasteiger partial charge in [-0.05, 0) is 19.1 Å². The second-order valence-electron chi connectivity index (χ2n) is 4.85. The Balaban J connectivity index is 1.85. The summed E-state index contributed by atoms with van der Waals surface area (Å²) in [6.45, 7) is 2.02. The van der Waals surface area contributed by atoms with E-state index in [2.05, 4.69) is 15.4 Å². The van der Waals surface area contributed by atoms with Gasteiger partial charge in [0.25, 0.3) is 0 Å². The van der Waals surface area contributed by atoms with Crippen molar-refractivity contribution in [3.63, 3.8) is 0 Å². The van der Waals surface area contributed by atoms with Gasteiger partial charge in [0.05, 0.1) is 23.1 Å². The Labute approximate surface area is 121 Å². The molecule has 0 bridgehead atoms. The third kappa shape index (κ3) is 2.84. The molecule has 0 fully saturated rings. The first-order valence-corrected chi connectivity index (χ1v) is 6.56. The summed E-state index contributed by atoms with van der Waals surface area (Å²) in [5.41, 5.74) is 8.58. The highest BCUT2D eigenvalue weighted by Gasteiger charge is 2.08. The number of aryl methyl sites for hydroxylation is 1. The molecular formula is C15H15N5O. The van der Waals surface area contributed by atoms with Gasteiger partial charge in [-0.15, -0.1) is 0 Å². The quantitative estimate of drug-likeness (QED) is 0.768. The van der Waals surface area contributed by atoms with Gasteiger partial charge in [0.15, 0.2) is 0 Å². The molecule has 2 heterocycles. The number of carbonyl (C=O) groups is 1. The maximum absolute atomic E-state index is 12.1. The third-order valence-electron chi connectivity index (χ3n) is 3.08. The minimum Gasteiger partial charge on any atom is -0.396 e. The van der Waals surface area contributed by atoms with Crippen LogP contribution in [0.2, 0.25) is 0 Å². The molecule has 1 amide bonds. The maximum Gasteiger partial charge on any atom is 0.246 e. The number of pyridine rings is 1. The van der Waals surface area contributed by atoms with Crippen molar-refractivity contribution in [3.05, 3.63) is 48.4 Å². The fourth-order valence-corrected chi connectivity index (χ4v) is 2.21. The number of nitrogens with two attached hydrogens (primary N) is 1. The van der Waals surface area contributed by atoms with Crippen molar-refractivity contribution in [3.8, 4) is 0 Å². The van der Waals surface area contributed by atoms with Gasteiger partial charge in [0.1, 0.15) is 6.54 Å². The van der Waals surface area contributed by atoms with Crippen LogP contribution in [0.1, 0.15) is 5.69 Å². The molecule has 0 atom stereocenters. The summed E-state index contributed by atoms with van der Waals surface area (Å²) in [5.74, 6) is -0.158. The number of carbonyl (C=O) groups excluding carboxylic acids is 1. The maximum atomic E-state index is 12.1. The Bertz CT molecular complexity index is 809. The van der Waals surface area contributed by atoms with Gasteiger partial charge in [0, 0.05) is 17.3 Å². The van der Waals surface area contributed by atoms with Gasteiger partial charge < -0.3 is 11.1 Å². The molecule has 0 aliphatic carbocycles. The number of nitrogen functional groups attached to an aromatic ring is 1. The van der Waals surface area contributed by atoms with E-state index in [0.717, 1.165) is 22.3 Å². The predicted molar refractivity (Wildman–Crippen MR) is 81.7 cm³/mol. The number of aromatic nitrogens is 3. The summed E-state index contributed by atoms with van der Waals surface area (Å²) >= 11 is 0. The molecule has 3 N–H and O–H groups in total. The Morgan fingerprint density at radius 3 is 2.95 bits per heavy atom. The highest BCUT2D eigenvalue weighted by atomic mass is 16.2. The van der Waals surface area contributed by atoms with Gasteiger partial charge in [-0.1, -0.05) is 18.2 Å². The summed E-state index contributed by atoms with van der Waals surface area (Å²) < 4.78 is 1.50. The van der Waals surface area contributed by atoms with Crippen LogP contribution in [0.5, 0.6) is 0 Å². The number of para-hydroxylation sites is 1. The number of hydrogen-bond acceptors (Lipinski definition) is 4. The topological polar surface area (TPSA) is 85.8 Å². The van der Waals surface area contributed by atoms with E-state index in [0.29, 0.717) is 5.69 Å². The van der Waals surface area contributed by atoms with Crippen LogP contribution in [0.15, 0.2) is 42.7 Å². The van der Waals surface area contributed by atoms with E-state index >= 15 is 0 Å². The molecule has 0 aliphatic rings. The zero-order valence-corrected chi connectivity index (χ0v) is 11.6. The van der Waals surface area contributed by atoms with E-state index in [1.807, 2.05) is 37.3 Å². The van der Waals surface area contributed by atoms with Gasteiger partial charge in [0.2, 0.25) is 5.91 Å². The average molecular weight is 281 g/mol. The molecule has 0 aliphatic heterocycles. The summed E-state index contributed by atoms with van der Waals surface area (Å²) in [6, 6.07) is 9.56. The lowest BCUT2D eigenvalue weighted by Crippen LogP contribution is -2.19. The molecular weight excluding hydrogens is 266 g/mol. The lowest BCUT2D eigenvalue weighted by atomic mass is 10.1. The number of hydrogen-bond donors (Lipinski definition) is 2.